The van der Waals surface area contributed by atoms with E-state index in [-0.39, 0.29) is 11.9 Å². The molecular weight excluding hydrogens is 257 g/mol. The summed E-state index contributed by atoms with van der Waals surface area (Å²) < 4.78 is 21.1. The van der Waals surface area contributed by atoms with Crippen LogP contribution in [0.3, 0.4) is 0 Å². The Balaban J connectivity index is 1.94. The van der Waals surface area contributed by atoms with Crippen molar-refractivity contribution in [3.05, 3.63) is 48.3 Å². The second-order valence-electron chi connectivity index (χ2n) is 5.34. The molecule has 0 bridgehead atoms. The van der Waals surface area contributed by atoms with Crippen LogP contribution >= 0.6 is 0 Å². The second kappa shape index (κ2) is 4.98. The van der Waals surface area contributed by atoms with E-state index in [0.717, 1.165) is 12.0 Å². The lowest BCUT2D eigenvalue weighted by atomic mass is 9.72. The summed E-state index contributed by atoms with van der Waals surface area (Å²) in [7, 11) is 0. The van der Waals surface area contributed by atoms with E-state index < -0.39 is 5.60 Å². The lowest BCUT2D eigenvalue weighted by Gasteiger charge is -2.54. The molecule has 0 spiro atoms. The maximum absolute atomic E-state index is 13.1. The van der Waals surface area contributed by atoms with E-state index in [9.17, 15) is 4.39 Å². The Labute approximate surface area is 117 Å². The molecule has 106 valence electrons. The van der Waals surface area contributed by atoms with Crippen molar-refractivity contribution in [1.82, 2.24) is 14.8 Å². The molecule has 3 unspecified atom stereocenters. The third-order valence-electron chi connectivity index (χ3n) is 4.25. The maximum atomic E-state index is 13.1. The Morgan fingerprint density at radius 2 is 2.10 bits per heavy atom. The van der Waals surface area contributed by atoms with Crippen molar-refractivity contribution >= 4 is 0 Å². The first-order valence-corrected chi connectivity index (χ1v) is 6.92. The van der Waals surface area contributed by atoms with Crippen LogP contribution in [-0.4, -0.2) is 20.9 Å². The highest BCUT2D eigenvalue weighted by Gasteiger charge is 2.53. The van der Waals surface area contributed by atoms with Crippen LogP contribution in [0.15, 0.2) is 36.9 Å². The fourth-order valence-electron chi connectivity index (χ4n) is 3.03. The molecular formula is C15H18FN3O. The molecule has 2 aromatic rings. The Hall–Kier alpha value is -1.75. The number of nitrogens with zero attached hydrogens (tertiary/aromatic N) is 3. The topological polar surface area (TPSA) is 39.9 Å². The Morgan fingerprint density at radius 3 is 2.65 bits per heavy atom. The number of hydrogen-bond donors (Lipinski definition) is 0. The van der Waals surface area contributed by atoms with Crippen LogP contribution in [0.5, 0.6) is 0 Å². The number of rotatable bonds is 4. The van der Waals surface area contributed by atoms with Gasteiger partial charge in [0.05, 0.1) is 12.6 Å². The van der Waals surface area contributed by atoms with Crippen LogP contribution in [-0.2, 0) is 16.9 Å². The number of ether oxygens (including phenoxy) is 1. The minimum absolute atomic E-state index is 0.233. The van der Waals surface area contributed by atoms with E-state index in [0.29, 0.717) is 12.5 Å². The molecule has 0 aliphatic carbocycles. The van der Waals surface area contributed by atoms with Crippen molar-refractivity contribution < 1.29 is 9.13 Å². The SMILES string of the molecule is CCC1OC(Cn2cncn2)(c2ccc(F)cc2)C1C. The molecule has 4 nitrogen and oxygen atoms in total. The van der Waals surface area contributed by atoms with Gasteiger partial charge in [0.2, 0.25) is 0 Å². The quantitative estimate of drug-likeness (QED) is 0.861. The van der Waals surface area contributed by atoms with E-state index in [1.54, 1.807) is 23.1 Å². The summed E-state index contributed by atoms with van der Waals surface area (Å²) in [6.07, 6.45) is 4.41. The van der Waals surface area contributed by atoms with Gasteiger partial charge < -0.3 is 4.74 Å². The number of aromatic nitrogens is 3. The molecule has 1 saturated heterocycles. The summed E-state index contributed by atoms with van der Waals surface area (Å²) in [5, 5.41) is 4.16. The molecule has 1 aromatic heterocycles. The second-order valence-corrected chi connectivity index (χ2v) is 5.34. The largest absolute Gasteiger partial charge is 0.364 e. The van der Waals surface area contributed by atoms with Gasteiger partial charge in [-0.2, -0.15) is 5.10 Å². The lowest BCUT2D eigenvalue weighted by Crippen LogP contribution is -2.58. The molecule has 2 heterocycles. The normalized spacial score (nSPS) is 29.1. The number of benzene rings is 1. The summed E-state index contributed by atoms with van der Waals surface area (Å²) in [6.45, 7) is 4.89. The molecule has 1 aliphatic rings. The van der Waals surface area contributed by atoms with Crippen LogP contribution in [0.4, 0.5) is 4.39 Å². The van der Waals surface area contributed by atoms with E-state index >= 15 is 0 Å². The van der Waals surface area contributed by atoms with Crippen molar-refractivity contribution in [3.63, 3.8) is 0 Å². The first-order chi connectivity index (χ1) is 9.65. The Bertz CT molecular complexity index is 569. The lowest BCUT2D eigenvalue weighted by molar-refractivity contribution is -0.271. The van der Waals surface area contributed by atoms with Gasteiger partial charge in [0.1, 0.15) is 24.1 Å². The maximum Gasteiger partial charge on any atom is 0.137 e. The van der Waals surface area contributed by atoms with Gasteiger partial charge in [-0.1, -0.05) is 26.0 Å². The highest BCUT2D eigenvalue weighted by molar-refractivity contribution is 5.27. The molecule has 0 radical (unpaired) electrons. The summed E-state index contributed by atoms with van der Waals surface area (Å²) in [6, 6.07) is 6.56. The zero-order valence-corrected chi connectivity index (χ0v) is 11.7. The minimum atomic E-state index is -0.442. The van der Waals surface area contributed by atoms with Gasteiger partial charge in [0.15, 0.2) is 0 Å². The summed E-state index contributed by atoms with van der Waals surface area (Å²) in [5.74, 6) is 0.117. The zero-order valence-electron chi connectivity index (χ0n) is 11.7. The van der Waals surface area contributed by atoms with Gasteiger partial charge in [-0.15, -0.1) is 0 Å². The average molecular weight is 275 g/mol. The van der Waals surface area contributed by atoms with Gasteiger partial charge >= 0.3 is 0 Å². The van der Waals surface area contributed by atoms with Gasteiger partial charge in [0.25, 0.3) is 0 Å². The van der Waals surface area contributed by atoms with Crippen molar-refractivity contribution in [2.45, 2.75) is 38.5 Å². The third kappa shape index (κ3) is 2.02. The summed E-state index contributed by atoms with van der Waals surface area (Å²) in [5.41, 5.74) is 0.550. The number of hydrogen-bond acceptors (Lipinski definition) is 3. The molecule has 0 saturated carbocycles. The molecule has 1 aliphatic heterocycles. The Morgan fingerprint density at radius 1 is 1.35 bits per heavy atom. The molecule has 20 heavy (non-hydrogen) atoms. The van der Waals surface area contributed by atoms with Gasteiger partial charge in [0, 0.05) is 5.92 Å². The first kappa shape index (κ1) is 13.2. The minimum Gasteiger partial charge on any atom is -0.364 e. The van der Waals surface area contributed by atoms with E-state index in [2.05, 4.69) is 23.9 Å². The van der Waals surface area contributed by atoms with Crippen LogP contribution in [0.2, 0.25) is 0 Å². The van der Waals surface area contributed by atoms with E-state index in [1.165, 1.54) is 18.5 Å². The predicted molar refractivity (Wildman–Crippen MR) is 72.4 cm³/mol. The standard InChI is InChI=1S/C15H18FN3O/c1-3-14-11(2)15(20-14,8-19-10-17-9-18-19)12-4-6-13(16)7-5-12/h4-7,9-11,14H,3,8H2,1-2H3. The molecule has 1 aromatic carbocycles. The monoisotopic (exact) mass is 275 g/mol. The van der Waals surface area contributed by atoms with Crippen molar-refractivity contribution in [2.75, 3.05) is 0 Å². The smallest absolute Gasteiger partial charge is 0.137 e. The predicted octanol–water partition coefficient (Wildman–Crippen LogP) is 2.76. The molecule has 3 atom stereocenters. The highest BCUT2D eigenvalue weighted by atomic mass is 19.1. The molecule has 1 fully saturated rings. The van der Waals surface area contributed by atoms with Crippen molar-refractivity contribution in [1.29, 1.82) is 0 Å². The molecule has 0 N–H and O–H groups in total. The van der Waals surface area contributed by atoms with Crippen LogP contribution in [0.1, 0.15) is 25.8 Å². The fraction of sp³-hybridized carbons (Fsp3) is 0.467. The van der Waals surface area contributed by atoms with Crippen molar-refractivity contribution in [3.8, 4) is 0 Å². The summed E-state index contributed by atoms with van der Waals surface area (Å²) in [4.78, 5) is 3.97. The Kier molecular flexibility index (Phi) is 3.30. The fourth-order valence-corrected chi connectivity index (χ4v) is 3.03. The van der Waals surface area contributed by atoms with Gasteiger partial charge in [-0.25, -0.2) is 14.1 Å². The number of halogens is 1. The third-order valence-corrected chi connectivity index (χ3v) is 4.25. The zero-order chi connectivity index (χ0) is 14.2. The van der Waals surface area contributed by atoms with E-state index in [1.807, 2.05) is 0 Å². The molecule has 0 amide bonds. The highest BCUT2D eigenvalue weighted by Crippen LogP contribution is 2.49. The van der Waals surface area contributed by atoms with Gasteiger partial charge in [-0.05, 0) is 24.1 Å². The molecule has 5 heteroatoms. The van der Waals surface area contributed by atoms with Crippen LogP contribution < -0.4 is 0 Å². The van der Waals surface area contributed by atoms with Crippen molar-refractivity contribution in [2.24, 2.45) is 5.92 Å². The average Bonchev–Trinajstić information content (AvgIpc) is 2.96. The van der Waals surface area contributed by atoms with Crippen LogP contribution in [0, 0.1) is 11.7 Å². The molecule has 3 rings (SSSR count). The summed E-state index contributed by atoms with van der Waals surface area (Å²) >= 11 is 0. The van der Waals surface area contributed by atoms with Gasteiger partial charge in [-0.3, -0.25) is 0 Å². The first-order valence-electron chi connectivity index (χ1n) is 6.92. The van der Waals surface area contributed by atoms with E-state index in [4.69, 9.17) is 4.74 Å². The van der Waals surface area contributed by atoms with Crippen LogP contribution in [0.25, 0.3) is 0 Å².